The number of anilines is 3. The van der Waals surface area contributed by atoms with E-state index in [-0.39, 0.29) is 6.71 Å². The molecule has 0 amide bonds. The molecule has 13 aromatic rings. The maximum Gasteiger partial charge on any atom is 0.243 e. The fraction of sp³-hybridized carbons (Fsp3) is 0.0769. The summed E-state index contributed by atoms with van der Waals surface area (Å²) < 4.78 is 20.7. The zero-order chi connectivity index (χ0) is 46.7. The zero-order valence-electron chi connectivity index (χ0n) is 39.5. The summed E-state index contributed by atoms with van der Waals surface area (Å²) in [5, 5.41) is 11.7. The van der Waals surface area contributed by atoms with Crippen molar-refractivity contribution in [2.75, 3.05) is 4.90 Å². The second kappa shape index (κ2) is 14.3. The van der Waals surface area contributed by atoms with Crippen molar-refractivity contribution < 1.29 is 13.6 Å². The summed E-state index contributed by atoms with van der Waals surface area (Å²) in [7, 11) is 0. The number of ether oxygens (including phenoxy) is 1. The highest BCUT2D eigenvalue weighted by Gasteiger charge is 2.36. The molecule has 0 saturated heterocycles. The van der Waals surface area contributed by atoms with E-state index < -0.39 is 0 Å². The summed E-state index contributed by atoms with van der Waals surface area (Å²) >= 11 is 0. The van der Waals surface area contributed by atoms with E-state index in [1.165, 1.54) is 87.8 Å². The Morgan fingerprint density at radius 3 is 1.61 bits per heavy atom. The molecule has 0 unspecified atom stereocenters. The Bertz CT molecular complexity index is 4340. The lowest BCUT2D eigenvalue weighted by Gasteiger charge is -2.32. The number of rotatable bonds is 4. The van der Waals surface area contributed by atoms with Gasteiger partial charge in [-0.15, -0.1) is 0 Å². The van der Waals surface area contributed by atoms with Crippen LogP contribution in [0.2, 0.25) is 0 Å². The Kier molecular flexibility index (Phi) is 8.04. The molecule has 330 valence electrons. The van der Waals surface area contributed by atoms with Crippen LogP contribution in [0.25, 0.3) is 98.4 Å². The molecule has 2 aliphatic rings. The smallest absolute Gasteiger partial charge is 0.243 e. The molecule has 0 bridgehead atoms. The molecule has 0 saturated carbocycles. The van der Waals surface area contributed by atoms with Gasteiger partial charge in [-0.25, -0.2) is 0 Å². The van der Waals surface area contributed by atoms with Crippen LogP contribution in [0.15, 0.2) is 185 Å². The van der Waals surface area contributed by atoms with Crippen LogP contribution in [0.3, 0.4) is 0 Å². The van der Waals surface area contributed by atoms with Gasteiger partial charge in [0.05, 0.1) is 17.1 Å². The first-order chi connectivity index (χ1) is 34.3. The van der Waals surface area contributed by atoms with Crippen LogP contribution in [0, 0.1) is 34.6 Å². The summed E-state index contributed by atoms with van der Waals surface area (Å²) in [6.45, 7) is 11.4. The molecule has 5 heteroatoms. The van der Waals surface area contributed by atoms with Crippen molar-refractivity contribution in [1.29, 1.82) is 0 Å². The number of hydrogen-bond acceptors (Lipinski definition) is 4. The van der Waals surface area contributed by atoms with Crippen molar-refractivity contribution in [3.63, 3.8) is 0 Å². The van der Waals surface area contributed by atoms with Gasteiger partial charge in [-0.3, -0.25) is 0 Å². The highest BCUT2D eigenvalue weighted by Crippen LogP contribution is 2.53. The molecule has 0 fully saturated rings. The Morgan fingerprint density at radius 1 is 0.371 bits per heavy atom. The SMILES string of the molecule is Cc1cc(C)c(B2c3c(C)cc(C)cc3-c3cccc4c3c2cc2c3cccc5c3c(cc42)-c2ccc(N(c3cccc4c3oc3ccccc34)c3cccc4c3oc3ccccc34)cc2O5)c(C)c1. The standard InChI is InChI=1S/C65H44BNO3/c1-35-28-37(3)62(38(4)29-35)66-53-34-50-45-18-13-25-58-61(45)51(33-49(50)44-16-10-17-46(60(44)53)52-31-36(2)30-39(5)63(52)66)43-27-26-40(32-59(43)68-58)67(54-21-11-19-47-41-14-6-8-23-56(41)69-64(47)54)55-22-12-20-48-42-15-7-9-24-57(42)70-65(48)55/h6-34H,1-5H3. The van der Waals surface area contributed by atoms with E-state index in [0.717, 1.165) is 83.4 Å². The minimum Gasteiger partial charge on any atom is -0.456 e. The van der Waals surface area contributed by atoms with Gasteiger partial charge in [-0.05, 0) is 127 Å². The van der Waals surface area contributed by atoms with Gasteiger partial charge in [0.15, 0.2) is 11.2 Å². The number of fused-ring (bicyclic) bond motifs is 13. The van der Waals surface area contributed by atoms with Crippen molar-refractivity contribution in [2.45, 2.75) is 34.6 Å². The lowest BCUT2D eigenvalue weighted by Crippen LogP contribution is -2.57. The first-order valence-electron chi connectivity index (χ1n) is 24.3. The van der Waals surface area contributed by atoms with Gasteiger partial charge in [0.2, 0.25) is 6.71 Å². The Balaban J connectivity index is 0.980. The van der Waals surface area contributed by atoms with E-state index in [2.05, 4.69) is 191 Å². The molecule has 11 aromatic carbocycles. The van der Waals surface area contributed by atoms with E-state index in [1.807, 2.05) is 24.3 Å². The van der Waals surface area contributed by atoms with E-state index >= 15 is 0 Å². The van der Waals surface area contributed by atoms with Crippen LogP contribution in [0.1, 0.15) is 27.8 Å². The number of furan rings is 2. The fourth-order valence-corrected chi connectivity index (χ4v) is 12.9. The number of nitrogens with zero attached hydrogens (tertiary/aromatic N) is 1. The van der Waals surface area contributed by atoms with Crippen LogP contribution in [-0.2, 0) is 0 Å². The van der Waals surface area contributed by atoms with Crippen molar-refractivity contribution >= 4 is 116 Å². The van der Waals surface area contributed by atoms with Gasteiger partial charge in [0, 0.05) is 38.6 Å². The van der Waals surface area contributed by atoms with Gasteiger partial charge in [0.1, 0.15) is 22.7 Å². The largest absolute Gasteiger partial charge is 0.456 e. The Hall–Kier alpha value is -8.54. The van der Waals surface area contributed by atoms with Crippen molar-refractivity contribution in [3.8, 4) is 33.8 Å². The average molecular weight is 898 g/mol. The number of para-hydroxylation sites is 4. The lowest BCUT2D eigenvalue weighted by molar-refractivity contribution is 0.487. The summed E-state index contributed by atoms with van der Waals surface area (Å²) in [6, 6.07) is 64.1. The van der Waals surface area contributed by atoms with Crippen molar-refractivity contribution in [3.05, 3.63) is 204 Å². The van der Waals surface area contributed by atoms with Gasteiger partial charge in [-0.1, -0.05) is 166 Å². The topological polar surface area (TPSA) is 38.8 Å². The Morgan fingerprint density at radius 2 is 0.929 bits per heavy atom. The molecule has 4 heterocycles. The maximum atomic E-state index is 7.14. The summed E-state index contributed by atoms with van der Waals surface area (Å²) in [5.74, 6) is 1.65. The second-order valence-corrected chi connectivity index (χ2v) is 19.8. The summed E-state index contributed by atoms with van der Waals surface area (Å²) in [6.07, 6.45) is 0. The van der Waals surface area contributed by atoms with E-state index in [9.17, 15) is 0 Å². The molecule has 70 heavy (non-hydrogen) atoms. The predicted octanol–water partition coefficient (Wildman–Crippen LogP) is 16.2. The highest BCUT2D eigenvalue weighted by atomic mass is 16.5. The van der Waals surface area contributed by atoms with Gasteiger partial charge < -0.3 is 18.5 Å². The highest BCUT2D eigenvalue weighted by molar-refractivity contribution is 6.99. The molecule has 0 atom stereocenters. The fourth-order valence-electron chi connectivity index (χ4n) is 12.9. The van der Waals surface area contributed by atoms with Crippen LogP contribution in [-0.4, -0.2) is 6.71 Å². The van der Waals surface area contributed by atoms with Gasteiger partial charge in [0.25, 0.3) is 0 Å². The van der Waals surface area contributed by atoms with E-state index in [0.29, 0.717) is 0 Å². The zero-order valence-corrected chi connectivity index (χ0v) is 39.5. The molecular formula is C65H44BNO3. The maximum absolute atomic E-state index is 7.14. The number of benzene rings is 11. The van der Waals surface area contributed by atoms with Gasteiger partial charge >= 0.3 is 0 Å². The van der Waals surface area contributed by atoms with Crippen molar-refractivity contribution in [1.82, 2.24) is 0 Å². The minimum absolute atomic E-state index is 0.0815. The number of hydrogen-bond donors (Lipinski definition) is 0. The molecule has 4 nitrogen and oxygen atoms in total. The van der Waals surface area contributed by atoms with Crippen LogP contribution < -0.4 is 26.0 Å². The molecule has 2 aromatic heterocycles. The molecule has 0 aliphatic carbocycles. The third-order valence-electron chi connectivity index (χ3n) is 15.5. The number of aryl methyl sites for hydroxylation is 5. The quantitative estimate of drug-likeness (QED) is 0.130. The molecular weight excluding hydrogens is 854 g/mol. The normalized spacial score (nSPS) is 12.7. The summed E-state index contributed by atoms with van der Waals surface area (Å²) in [5.41, 5.74) is 21.7. The lowest BCUT2D eigenvalue weighted by atomic mass is 9.32. The molecule has 0 spiro atoms. The monoisotopic (exact) mass is 897 g/mol. The minimum atomic E-state index is 0.0815. The van der Waals surface area contributed by atoms with Crippen LogP contribution in [0.5, 0.6) is 11.5 Å². The van der Waals surface area contributed by atoms with Crippen LogP contribution in [0.4, 0.5) is 17.1 Å². The summed E-state index contributed by atoms with van der Waals surface area (Å²) in [4.78, 5) is 2.28. The van der Waals surface area contributed by atoms with E-state index in [1.54, 1.807) is 0 Å². The van der Waals surface area contributed by atoms with Crippen molar-refractivity contribution in [2.24, 2.45) is 0 Å². The Labute approximate surface area is 405 Å². The second-order valence-electron chi connectivity index (χ2n) is 19.8. The van der Waals surface area contributed by atoms with Gasteiger partial charge in [-0.2, -0.15) is 0 Å². The molecule has 2 aliphatic heterocycles. The first-order valence-corrected chi connectivity index (χ1v) is 24.3. The third kappa shape index (κ3) is 5.37. The predicted molar refractivity (Wildman–Crippen MR) is 294 cm³/mol. The molecule has 0 N–H and O–H groups in total. The molecule has 15 rings (SSSR count). The average Bonchev–Trinajstić information content (AvgIpc) is 3.94. The first kappa shape index (κ1) is 39.5. The third-order valence-corrected chi connectivity index (χ3v) is 15.5. The van der Waals surface area contributed by atoms with Crippen LogP contribution >= 0.6 is 0 Å². The van der Waals surface area contributed by atoms with E-state index in [4.69, 9.17) is 13.6 Å². The molecule has 0 radical (unpaired) electrons.